The molecule has 0 radical (unpaired) electrons. The number of amides is 1. The molecule has 0 heterocycles. The molecule has 1 amide bonds. The van der Waals surface area contributed by atoms with Crippen molar-refractivity contribution in [1.82, 2.24) is 5.32 Å². The van der Waals surface area contributed by atoms with Crippen LogP contribution < -0.4 is 5.32 Å². The number of nitriles is 1. The molecule has 0 aromatic carbocycles. The number of nitrogens with one attached hydrogen (secondary N) is 1. The largest absolute Gasteiger partial charge is 0.460 e. The van der Waals surface area contributed by atoms with Crippen molar-refractivity contribution in [3.05, 3.63) is 12.2 Å². The molecule has 0 fully saturated rings. The van der Waals surface area contributed by atoms with Gasteiger partial charge >= 0.3 is 5.97 Å². The first-order valence-corrected chi connectivity index (χ1v) is 4.04. The minimum atomic E-state index is -0.487. The Hall–Kier alpha value is -1.83. The standard InChI is InChI=1S/C9H12N2O3/c1-7(2)9(13)14-6-5-11-8(12)3-4-10/h1,3,5-6H2,2H3,(H,11,12). The second kappa shape index (κ2) is 6.66. The second-order valence-corrected chi connectivity index (χ2v) is 2.60. The molecule has 0 aliphatic heterocycles. The molecule has 1 N–H and O–H groups in total. The number of carbonyl (C=O) groups is 2. The maximum Gasteiger partial charge on any atom is 0.333 e. The van der Waals surface area contributed by atoms with Crippen molar-refractivity contribution < 1.29 is 14.3 Å². The summed E-state index contributed by atoms with van der Waals surface area (Å²) < 4.78 is 4.70. The van der Waals surface area contributed by atoms with Crippen LogP contribution in [-0.4, -0.2) is 25.0 Å². The van der Waals surface area contributed by atoms with Crippen LogP contribution in [0.4, 0.5) is 0 Å². The van der Waals surface area contributed by atoms with Gasteiger partial charge in [-0.25, -0.2) is 4.79 Å². The Labute approximate surface area is 82.3 Å². The van der Waals surface area contributed by atoms with E-state index < -0.39 is 5.97 Å². The summed E-state index contributed by atoms with van der Waals surface area (Å²) in [4.78, 5) is 21.6. The predicted molar refractivity (Wildman–Crippen MR) is 49.0 cm³/mol. The highest BCUT2D eigenvalue weighted by Crippen LogP contribution is 1.90. The third-order valence-electron chi connectivity index (χ3n) is 1.25. The van der Waals surface area contributed by atoms with Gasteiger partial charge in [0.2, 0.25) is 5.91 Å². The quantitative estimate of drug-likeness (QED) is 0.385. The molecule has 0 aliphatic carbocycles. The molecular formula is C9H12N2O3. The highest BCUT2D eigenvalue weighted by Gasteiger charge is 2.03. The van der Waals surface area contributed by atoms with E-state index in [1.54, 1.807) is 6.07 Å². The van der Waals surface area contributed by atoms with E-state index in [4.69, 9.17) is 10.00 Å². The van der Waals surface area contributed by atoms with Gasteiger partial charge in [-0.05, 0) is 6.92 Å². The second-order valence-electron chi connectivity index (χ2n) is 2.60. The van der Waals surface area contributed by atoms with Gasteiger partial charge in [-0.2, -0.15) is 5.26 Å². The lowest BCUT2D eigenvalue weighted by Gasteiger charge is -2.04. The van der Waals surface area contributed by atoms with Crippen LogP contribution in [0.15, 0.2) is 12.2 Å². The highest BCUT2D eigenvalue weighted by atomic mass is 16.5. The number of nitrogens with zero attached hydrogens (tertiary/aromatic N) is 1. The molecule has 0 rings (SSSR count). The van der Waals surface area contributed by atoms with Crippen LogP contribution in [0.1, 0.15) is 13.3 Å². The molecule has 14 heavy (non-hydrogen) atoms. The van der Waals surface area contributed by atoms with E-state index in [9.17, 15) is 9.59 Å². The van der Waals surface area contributed by atoms with E-state index >= 15 is 0 Å². The fourth-order valence-electron chi connectivity index (χ4n) is 0.592. The fourth-order valence-corrected chi connectivity index (χ4v) is 0.592. The molecule has 0 saturated heterocycles. The summed E-state index contributed by atoms with van der Waals surface area (Å²) in [7, 11) is 0. The molecule has 0 bridgehead atoms. The van der Waals surface area contributed by atoms with E-state index in [0.29, 0.717) is 5.57 Å². The smallest absolute Gasteiger partial charge is 0.333 e. The number of ether oxygens (including phenoxy) is 1. The van der Waals surface area contributed by atoms with Gasteiger partial charge in [0.05, 0.1) is 12.6 Å². The number of hydrogen-bond acceptors (Lipinski definition) is 4. The van der Waals surface area contributed by atoms with Crippen LogP contribution in [0, 0.1) is 11.3 Å². The summed E-state index contributed by atoms with van der Waals surface area (Å²) in [5.41, 5.74) is 0.313. The fraction of sp³-hybridized carbons (Fsp3) is 0.444. The van der Waals surface area contributed by atoms with Gasteiger partial charge in [-0.15, -0.1) is 0 Å². The summed E-state index contributed by atoms with van der Waals surface area (Å²) in [6, 6.07) is 1.70. The van der Waals surface area contributed by atoms with Gasteiger partial charge in [0, 0.05) is 5.57 Å². The number of esters is 1. The first-order chi connectivity index (χ1) is 6.57. The summed E-state index contributed by atoms with van der Waals surface area (Å²) in [5, 5.41) is 10.6. The van der Waals surface area contributed by atoms with Crippen molar-refractivity contribution in [3.8, 4) is 6.07 Å². The van der Waals surface area contributed by atoms with Crippen molar-refractivity contribution >= 4 is 11.9 Å². The lowest BCUT2D eigenvalue weighted by molar-refractivity contribution is -0.139. The molecule has 0 unspecified atom stereocenters. The van der Waals surface area contributed by atoms with Crippen molar-refractivity contribution in [1.29, 1.82) is 5.26 Å². The number of hydrogen-bond donors (Lipinski definition) is 1. The molecule has 76 valence electrons. The molecule has 0 aromatic heterocycles. The Morgan fingerprint density at radius 2 is 2.21 bits per heavy atom. The molecule has 5 heteroatoms. The normalized spacial score (nSPS) is 8.57. The average molecular weight is 196 g/mol. The van der Waals surface area contributed by atoms with Gasteiger partial charge < -0.3 is 10.1 Å². The van der Waals surface area contributed by atoms with E-state index in [0.717, 1.165) is 0 Å². The minimum Gasteiger partial charge on any atom is -0.460 e. The average Bonchev–Trinajstić information content (AvgIpc) is 2.12. The van der Waals surface area contributed by atoms with Crippen LogP contribution in [-0.2, 0) is 14.3 Å². The molecule has 0 aromatic rings. The first kappa shape index (κ1) is 12.2. The van der Waals surface area contributed by atoms with Gasteiger partial charge in [0.25, 0.3) is 0 Å². The van der Waals surface area contributed by atoms with Gasteiger partial charge in [-0.1, -0.05) is 6.58 Å². The van der Waals surface area contributed by atoms with E-state index in [2.05, 4.69) is 11.9 Å². The first-order valence-electron chi connectivity index (χ1n) is 4.04. The Balaban J connectivity index is 3.48. The highest BCUT2D eigenvalue weighted by molar-refractivity contribution is 5.86. The molecule has 5 nitrogen and oxygen atoms in total. The summed E-state index contributed by atoms with van der Waals surface area (Å²) in [5.74, 6) is -0.863. The van der Waals surface area contributed by atoms with Crippen molar-refractivity contribution in [3.63, 3.8) is 0 Å². The third kappa shape index (κ3) is 5.77. The van der Waals surface area contributed by atoms with Crippen LogP contribution >= 0.6 is 0 Å². The van der Waals surface area contributed by atoms with E-state index in [1.807, 2.05) is 0 Å². The maximum atomic E-state index is 10.8. The molecule has 0 saturated carbocycles. The zero-order valence-electron chi connectivity index (χ0n) is 8.00. The molecule has 0 aliphatic rings. The third-order valence-corrected chi connectivity index (χ3v) is 1.25. The monoisotopic (exact) mass is 196 g/mol. The van der Waals surface area contributed by atoms with E-state index in [-0.39, 0.29) is 25.5 Å². The zero-order valence-corrected chi connectivity index (χ0v) is 8.00. The van der Waals surface area contributed by atoms with Crippen molar-refractivity contribution in [2.45, 2.75) is 13.3 Å². The Morgan fingerprint density at radius 3 is 2.71 bits per heavy atom. The molecule has 0 spiro atoms. The summed E-state index contributed by atoms with van der Waals surface area (Å²) in [6.07, 6.45) is -0.186. The van der Waals surface area contributed by atoms with Crippen LogP contribution in [0.25, 0.3) is 0 Å². The number of rotatable bonds is 5. The lowest BCUT2D eigenvalue weighted by Crippen LogP contribution is -2.27. The van der Waals surface area contributed by atoms with Crippen LogP contribution in [0.2, 0.25) is 0 Å². The predicted octanol–water partition coefficient (Wildman–Crippen LogP) is 0.136. The Kier molecular flexibility index (Phi) is 5.79. The number of carbonyl (C=O) groups excluding carboxylic acids is 2. The molecular weight excluding hydrogens is 184 g/mol. The summed E-state index contributed by atoms with van der Waals surface area (Å²) >= 11 is 0. The van der Waals surface area contributed by atoms with Crippen molar-refractivity contribution in [2.75, 3.05) is 13.2 Å². The summed E-state index contributed by atoms with van der Waals surface area (Å²) in [6.45, 7) is 5.23. The maximum absolute atomic E-state index is 10.8. The zero-order chi connectivity index (χ0) is 11.0. The van der Waals surface area contributed by atoms with Gasteiger partial charge in [0.15, 0.2) is 0 Å². The minimum absolute atomic E-state index is 0.0862. The van der Waals surface area contributed by atoms with Gasteiger partial charge in [0.1, 0.15) is 13.0 Å². The lowest BCUT2D eigenvalue weighted by atomic mass is 10.4. The van der Waals surface area contributed by atoms with E-state index in [1.165, 1.54) is 6.92 Å². The van der Waals surface area contributed by atoms with Crippen LogP contribution in [0.3, 0.4) is 0 Å². The Bertz CT molecular complexity index is 278. The molecule has 0 atom stereocenters. The Morgan fingerprint density at radius 1 is 1.57 bits per heavy atom. The topological polar surface area (TPSA) is 79.2 Å². The SMILES string of the molecule is C=C(C)C(=O)OCCNC(=O)CC#N. The van der Waals surface area contributed by atoms with Crippen molar-refractivity contribution in [2.24, 2.45) is 0 Å². The van der Waals surface area contributed by atoms with Crippen LogP contribution in [0.5, 0.6) is 0 Å². The van der Waals surface area contributed by atoms with Gasteiger partial charge in [-0.3, -0.25) is 4.79 Å².